The second kappa shape index (κ2) is 8.81. The number of oxime groups is 1. The normalized spacial score (nSPS) is 20.5. The van der Waals surface area contributed by atoms with E-state index in [9.17, 15) is 10.1 Å². The van der Waals surface area contributed by atoms with Gasteiger partial charge in [0, 0.05) is 17.7 Å². The van der Waals surface area contributed by atoms with E-state index in [1.807, 2.05) is 65.0 Å². The summed E-state index contributed by atoms with van der Waals surface area (Å²) in [6.45, 7) is 9.66. The lowest BCUT2D eigenvalue weighted by Gasteiger charge is -2.14. The largest absolute Gasteiger partial charge is 0.457 e. The second-order valence-electron chi connectivity index (χ2n) is 9.22. The molecule has 0 aromatic heterocycles. The molecule has 0 bridgehead atoms. The summed E-state index contributed by atoms with van der Waals surface area (Å²) >= 11 is 0. The van der Waals surface area contributed by atoms with Gasteiger partial charge >= 0.3 is 5.97 Å². The minimum Gasteiger partial charge on any atom is -0.457 e. The molecular formula is C25H28N2O4. The molecule has 0 amide bonds. The lowest BCUT2D eigenvalue weighted by molar-refractivity contribution is -0.149. The third kappa shape index (κ3) is 5.64. The van der Waals surface area contributed by atoms with Gasteiger partial charge in [-0.15, -0.1) is 0 Å². The first-order valence-corrected chi connectivity index (χ1v) is 10.3. The van der Waals surface area contributed by atoms with Gasteiger partial charge in [-0.2, -0.15) is 5.26 Å². The SMILES string of the molecule is CC(C)(C)ON=C[C@@H]1[C@@H](C(=O)OC(C#N)c2cccc(Oc3ccccc3)c2)C1(C)C. The first-order valence-electron chi connectivity index (χ1n) is 10.3. The summed E-state index contributed by atoms with van der Waals surface area (Å²) in [6.07, 6.45) is 0.638. The number of ether oxygens (including phenoxy) is 2. The van der Waals surface area contributed by atoms with Crippen molar-refractivity contribution in [2.75, 3.05) is 0 Å². The maximum atomic E-state index is 12.8. The molecule has 3 atom stereocenters. The number of hydrogen-bond acceptors (Lipinski definition) is 6. The molecule has 1 unspecified atom stereocenters. The van der Waals surface area contributed by atoms with Crippen molar-refractivity contribution in [2.24, 2.45) is 22.4 Å². The highest BCUT2D eigenvalue weighted by Crippen LogP contribution is 2.58. The topological polar surface area (TPSA) is 80.9 Å². The van der Waals surface area contributed by atoms with Gasteiger partial charge in [-0.25, -0.2) is 0 Å². The molecule has 6 heteroatoms. The van der Waals surface area contributed by atoms with Gasteiger partial charge in [-0.05, 0) is 50.5 Å². The average molecular weight is 421 g/mol. The summed E-state index contributed by atoms with van der Waals surface area (Å²) < 4.78 is 11.4. The third-order valence-electron chi connectivity index (χ3n) is 5.20. The molecule has 1 fully saturated rings. The van der Waals surface area contributed by atoms with E-state index >= 15 is 0 Å². The number of nitrogens with zero attached hydrogens (tertiary/aromatic N) is 2. The monoisotopic (exact) mass is 420 g/mol. The van der Waals surface area contributed by atoms with Gasteiger partial charge in [0.2, 0.25) is 6.10 Å². The minimum absolute atomic E-state index is 0.102. The van der Waals surface area contributed by atoms with Gasteiger partial charge in [0.1, 0.15) is 23.2 Å². The van der Waals surface area contributed by atoms with E-state index in [1.54, 1.807) is 30.5 Å². The second-order valence-corrected chi connectivity index (χ2v) is 9.22. The van der Waals surface area contributed by atoms with Crippen LogP contribution in [0.15, 0.2) is 59.8 Å². The fraction of sp³-hybridized carbons (Fsp3) is 0.400. The number of carbonyl (C=O) groups excluding carboxylic acids is 1. The Hall–Kier alpha value is -3.33. The zero-order chi connectivity index (χ0) is 22.6. The number of nitriles is 1. The van der Waals surface area contributed by atoms with Crippen LogP contribution in [0.5, 0.6) is 11.5 Å². The summed E-state index contributed by atoms with van der Waals surface area (Å²) in [7, 11) is 0. The highest BCUT2D eigenvalue weighted by molar-refractivity contribution is 5.85. The van der Waals surface area contributed by atoms with Crippen LogP contribution in [0.4, 0.5) is 0 Å². The Balaban J connectivity index is 1.67. The van der Waals surface area contributed by atoms with E-state index in [1.165, 1.54) is 0 Å². The van der Waals surface area contributed by atoms with Crippen LogP contribution in [-0.2, 0) is 14.4 Å². The fourth-order valence-electron chi connectivity index (χ4n) is 3.38. The Morgan fingerprint density at radius 3 is 2.45 bits per heavy atom. The average Bonchev–Trinajstić information content (AvgIpc) is 3.26. The Morgan fingerprint density at radius 1 is 1.13 bits per heavy atom. The highest BCUT2D eigenvalue weighted by Gasteiger charge is 2.62. The summed E-state index contributed by atoms with van der Waals surface area (Å²) in [5.74, 6) is 0.354. The third-order valence-corrected chi connectivity index (χ3v) is 5.20. The molecule has 2 aromatic carbocycles. The quantitative estimate of drug-likeness (QED) is 0.328. The Kier molecular flexibility index (Phi) is 6.35. The molecule has 0 saturated heterocycles. The summed E-state index contributed by atoms with van der Waals surface area (Å²) in [5, 5.41) is 13.7. The van der Waals surface area contributed by atoms with Crippen LogP contribution in [0.3, 0.4) is 0 Å². The Bertz CT molecular complexity index is 987. The van der Waals surface area contributed by atoms with Crippen molar-refractivity contribution in [1.82, 2.24) is 0 Å². The van der Waals surface area contributed by atoms with Gasteiger partial charge in [-0.1, -0.05) is 49.3 Å². The molecule has 0 heterocycles. The van der Waals surface area contributed by atoms with Gasteiger partial charge in [0.25, 0.3) is 0 Å². The number of hydrogen-bond donors (Lipinski definition) is 0. The number of rotatable bonds is 7. The maximum Gasteiger partial charge on any atom is 0.311 e. The van der Waals surface area contributed by atoms with E-state index < -0.39 is 17.7 Å². The van der Waals surface area contributed by atoms with E-state index in [4.69, 9.17) is 14.3 Å². The van der Waals surface area contributed by atoms with E-state index in [-0.39, 0.29) is 17.3 Å². The molecule has 31 heavy (non-hydrogen) atoms. The molecule has 0 aliphatic heterocycles. The molecule has 0 spiro atoms. The summed E-state index contributed by atoms with van der Waals surface area (Å²) in [6, 6.07) is 18.4. The van der Waals surface area contributed by atoms with Crippen LogP contribution in [0.2, 0.25) is 0 Å². The molecular weight excluding hydrogens is 392 g/mol. The van der Waals surface area contributed by atoms with Crippen molar-refractivity contribution in [2.45, 2.75) is 46.3 Å². The number of carbonyl (C=O) groups is 1. The maximum absolute atomic E-state index is 12.8. The van der Waals surface area contributed by atoms with Crippen molar-refractivity contribution in [3.05, 3.63) is 60.2 Å². The minimum atomic E-state index is -1.02. The Labute approximate surface area is 183 Å². The lowest BCUT2D eigenvalue weighted by atomic mass is 10.1. The van der Waals surface area contributed by atoms with E-state index in [0.29, 0.717) is 17.1 Å². The van der Waals surface area contributed by atoms with Crippen LogP contribution >= 0.6 is 0 Å². The van der Waals surface area contributed by atoms with Crippen LogP contribution in [0, 0.1) is 28.6 Å². The molecule has 1 saturated carbocycles. The van der Waals surface area contributed by atoms with Crippen molar-refractivity contribution < 1.29 is 19.1 Å². The van der Waals surface area contributed by atoms with Crippen LogP contribution in [-0.4, -0.2) is 17.8 Å². The summed E-state index contributed by atoms with van der Waals surface area (Å²) in [4.78, 5) is 18.2. The van der Waals surface area contributed by atoms with Gasteiger partial charge in [0.15, 0.2) is 0 Å². The first kappa shape index (κ1) is 22.4. The molecule has 2 aromatic rings. The van der Waals surface area contributed by atoms with Crippen molar-refractivity contribution in [3.8, 4) is 17.6 Å². The van der Waals surface area contributed by atoms with Crippen molar-refractivity contribution in [3.63, 3.8) is 0 Å². The fourth-order valence-corrected chi connectivity index (χ4v) is 3.38. The predicted molar refractivity (Wildman–Crippen MR) is 117 cm³/mol. The van der Waals surface area contributed by atoms with E-state index in [2.05, 4.69) is 11.2 Å². The number of esters is 1. The molecule has 1 aliphatic rings. The van der Waals surface area contributed by atoms with Gasteiger partial charge in [-0.3, -0.25) is 4.79 Å². The van der Waals surface area contributed by atoms with Crippen LogP contribution in [0.1, 0.15) is 46.3 Å². The number of benzene rings is 2. The van der Waals surface area contributed by atoms with Crippen molar-refractivity contribution >= 4 is 12.2 Å². The van der Waals surface area contributed by atoms with Gasteiger partial charge in [0.05, 0.1) is 5.92 Å². The van der Waals surface area contributed by atoms with E-state index in [0.717, 1.165) is 0 Å². The zero-order valence-electron chi connectivity index (χ0n) is 18.5. The molecule has 1 aliphatic carbocycles. The molecule has 6 nitrogen and oxygen atoms in total. The zero-order valence-corrected chi connectivity index (χ0v) is 18.5. The first-order chi connectivity index (χ1) is 14.6. The molecule has 0 radical (unpaired) electrons. The molecule has 0 N–H and O–H groups in total. The van der Waals surface area contributed by atoms with Crippen LogP contribution < -0.4 is 4.74 Å². The van der Waals surface area contributed by atoms with Crippen molar-refractivity contribution in [1.29, 1.82) is 5.26 Å². The lowest BCUT2D eigenvalue weighted by Crippen LogP contribution is -2.16. The van der Waals surface area contributed by atoms with Gasteiger partial charge < -0.3 is 14.3 Å². The smallest absolute Gasteiger partial charge is 0.311 e. The van der Waals surface area contributed by atoms with Crippen LogP contribution in [0.25, 0.3) is 0 Å². The standard InChI is InChI=1S/C25H28N2O4/c1-24(2,3)31-27-16-20-22(25(20,4)5)23(28)30-21(15-26)17-10-9-13-19(14-17)29-18-11-7-6-8-12-18/h6-14,16,20-22H,1-5H3/t20-,21?,22+/m1/s1. The molecule has 162 valence electrons. The number of para-hydroxylation sites is 1. The Morgan fingerprint density at radius 2 is 1.81 bits per heavy atom. The highest BCUT2D eigenvalue weighted by atomic mass is 16.6. The predicted octanol–water partition coefficient (Wildman–Crippen LogP) is 5.66. The molecule has 3 rings (SSSR count). The summed E-state index contributed by atoms with van der Waals surface area (Å²) in [5.41, 5.74) is -0.145.